The second kappa shape index (κ2) is 5.88. The Kier molecular flexibility index (Phi) is 3.56. The molecule has 0 aliphatic carbocycles. The van der Waals surface area contributed by atoms with E-state index in [0.717, 1.165) is 27.9 Å². The number of fused-ring (bicyclic) bond motifs is 2. The molecule has 0 unspecified atom stereocenters. The number of nitrogens with one attached hydrogen (secondary N) is 1. The van der Waals surface area contributed by atoms with E-state index in [2.05, 4.69) is 16.0 Å². The van der Waals surface area contributed by atoms with Crippen LogP contribution in [0.15, 0.2) is 54.1 Å². The lowest BCUT2D eigenvalue weighted by atomic mass is 10.1. The van der Waals surface area contributed by atoms with E-state index >= 15 is 0 Å². The van der Waals surface area contributed by atoms with Crippen molar-refractivity contribution < 1.29 is 4.74 Å². The maximum atomic E-state index is 9.51. The highest BCUT2D eigenvalue weighted by Crippen LogP contribution is 2.30. The normalized spacial score (nSPS) is 13.8. The Labute approximate surface area is 143 Å². The van der Waals surface area contributed by atoms with E-state index < -0.39 is 0 Å². The molecule has 4 nitrogen and oxygen atoms in total. The summed E-state index contributed by atoms with van der Waals surface area (Å²) in [6.07, 6.45) is 3.77. The van der Waals surface area contributed by atoms with Crippen molar-refractivity contribution in [1.82, 2.24) is 9.97 Å². The molecule has 0 saturated carbocycles. The van der Waals surface area contributed by atoms with E-state index in [-0.39, 0.29) is 0 Å². The molecule has 2 heterocycles. The van der Waals surface area contributed by atoms with Gasteiger partial charge in [0.2, 0.25) is 0 Å². The number of nitriles is 1. The van der Waals surface area contributed by atoms with E-state index in [1.165, 1.54) is 0 Å². The van der Waals surface area contributed by atoms with Crippen LogP contribution in [0.2, 0.25) is 5.02 Å². The molecule has 5 heteroatoms. The van der Waals surface area contributed by atoms with Gasteiger partial charge in [-0.05, 0) is 48.1 Å². The van der Waals surface area contributed by atoms with Crippen LogP contribution in [-0.2, 0) is 0 Å². The van der Waals surface area contributed by atoms with Gasteiger partial charge >= 0.3 is 0 Å². The molecule has 1 aromatic heterocycles. The lowest BCUT2D eigenvalue weighted by Crippen LogP contribution is -2.06. The number of halogens is 1. The molecule has 0 radical (unpaired) electrons. The lowest BCUT2D eigenvalue weighted by molar-refractivity contribution is 0.351. The van der Waals surface area contributed by atoms with Crippen molar-refractivity contribution in [3.05, 3.63) is 70.5 Å². The largest absolute Gasteiger partial charge is 0.488 e. The third kappa shape index (κ3) is 2.66. The average Bonchev–Trinajstić information content (AvgIpc) is 3.03. The molecular weight excluding hydrogens is 322 g/mol. The number of aromatic nitrogens is 2. The zero-order chi connectivity index (χ0) is 16.5. The third-order valence-electron chi connectivity index (χ3n) is 3.80. The molecule has 0 saturated heterocycles. The highest BCUT2D eigenvalue weighted by molar-refractivity contribution is 6.30. The molecule has 0 amide bonds. The van der Waals surface area contributed by atoms with Gasteiger partial charge in [-0.15, -0.1) is 0 Å². The van der Waals surface area contributed by atoms with Crippen LogP contribution in [0.25, 0.3) is 22.7 Å². The van der Waals surface area contributed by atoms with E-state index in [9.17, 15) is 5.26 Å². The van der Waals surface area contributed by atoms with Crippen LogP contribution in [0.1, 0.15) is 11.4 Å². The Balaban J connectivity index is 1.74. The van der Waals surface area contributed by atoms with Crippen LogP contribution in [0.4, 0.5) is 0 Å². The van der Waals surface area contributed by atoms with Gasteiger partial charge in [-0.2, -0.15) is 5.26 Å². The summed E-state index contributed by atoms with van der Waals surface area (Å²) in [6.45, 7) is 0.403. The summed E-state index contributed by atoms with van der Waals surface area (Å²) in [4.78, 5) is 7.65. The second-order valence-electron chi connectivity index (χ2n) is 5.46. The van der Waals surface area contributed by atoms with Gasteiger partial charge < -0.3 is 9.72 Å². The van der Waals surface area contributed by atoms with Crippen LogP contribution in [0.3, 0.4) is 0 Å². The molecule has 1 aliphatic rings. The number of aromatic amines is 1. The van der Waals surface area contributed by atoms with Crippen molar-refractivity contribution in [2.45, 2.75) is 0 Å². The van der Waals surface area contributed by atoms with Gasteiger partial charge in [-0.25, -0.2) is 4.98 Å². The molecule has 4 rings (SSSR count). The minimum Gasteiger partial charge on any atom is -0.488 e. The monoisotopic (exact) mass is 333 g/mol. The minimum atomic E-state index is 0.403. The van der Waals surface area contributed by atoms with E-state index in [4.69, 9.17) is 16.3 Å². The lowest BCUT2D eigenvalue weighted by Gasteiger charge is -2.16. The van der Waals surface area contributed by atoms with Crippen LogP contribution >= 0.6 is 11.6 Å². The maximum Gasteiger partial charge on any atom is 0.149 e. The van der Waals surface area contributed by atoms with E-state index in [0.29, 0.717) is 23.0 Å². The number of hydrogen-bond donors (Lipinski definition) is 1. The second-order valence-corrected chi connectivity index (χ2v) is 5.90. The first kappa shape index (κ1) is 14.6. The number of ether oxygens (including phenoxy) is 1. The van der Waals surface area contributed by atoms with Gasteiger partial charge in [0, 0.05) is 10.6 Å². The summed E-state index contributed by atoms with van der Waals surface area (Å²) in [5.74, 6) is 1.34. The van der Waals surface area contributed by atoms with Gasteiger partial charge in [0.1, 0.15) is 24.3 Å². The van der Waals surface area contributed by atoms with Gasteiger partial charge in [-0.3, -0.25) is 0 Å². The Bertz CT molecular complexity index is 1010. The van der Waals surface area contributed by atoms with Crippen molar-refractivity contribution in [2.24, 2.45) is 0 Å². The summed E-state index contributed by atoms with van der Waals surface area (Å²) < 4.78 is 5.72. The standard InChI is InChI=1S/C19H12ClN3O/c20-15-5-6-18-13(9-15)7-12(11-24-18)8-14(10-21)19-22-16-3-1-2-4-17(16)23-19/h1-9H,11H2,(H,22,23)/b14-8+. The third-order valence-corrected chi connectivity index (χ3v) is 4.04. The molecule has 0 atom stereocenters. The summed E-state index contributed by atoms with van der Waals surface area (Å²) in [7, 11) is 0. The fourth-order valence-electron chi connectivity index (χ4n) is 2.67. The van der Waals surface area contributed by atoms with E-state index in [1.54, 1.807) is 12.1 Å². The highest BCUT2D eigenvalue weighted by Gasteiger charge is 2.13. The number of allylic oxidation sites excluding steroid dienone is 1. The van der Waals surface area contributed by atoms with Crippen LogP contribution in [0.5, 0.6) is 5.75 Å². The smallest absolute Gasteiger partial charge is 0.149 e. The van der Waals surface area contributed by atoms with Crippen LogP contribution in [-0.4, -0.2) is 16.6 Å². The zero-order valence-corrected chi connectivity index (χ0v) is 13.3. The van der Waals surface area contributed by atoms with Gasteiger partial charge in [0.05, 0.1) is 16.6 Å². The summed E-state index contributed by atoms with van der Waals surface area (Å²) in [5, 5.41) is 10.2. The predicted molar refractivity (Wildman–Crippen MR) is 94.6 cm³/mol. The molecule has 3 aromatic rings. The minimum absolute atomic E-state index is 0.403. The molecule has 1 aliphatic heterocycles. The maximum absolute atomic E-state index is 9.51. The molecule has 1 N–H and O–H groups in total. The van der Waals surface area contributed by atoms with Gasteiger partial charge in [0.15, 0.2) is 0 Å². The van der Waals surface area contributed by atoms with Crippen molar-refractivity contribution >= 4 is 34.3 Å². The average molecular weight is 334 g/mol. The quantitative estimate of drug-likeness (QED) is 0.697. The Hall–Kier alpha value is -3.03. The molecule has 0 bridgehead atoms. The van der Waals surface area contributed by atoms with E-state index in [1.807, 2.05) is 42.5 Å². The van der Waals surface area contributed by atoms with Crippen LogP contribution in [0, 0.1) is 11.3 Å². The Morgan fingerprint density at radius 2 is 2.17 bits per heavy atom. The fourth-order valence-corrected chi connectivity index (χ4v) is 2.85. The summed E-state index contributed by atoms with van der Waals surface area (Å²) >= 11 is 6.03. The van der Waals surface area contributed by atoms with Crippen molar-refractivity contribution in [3.8, 4) is 11.8 Å². The van der Waals surface area contributed by atoms with Crippen molar-refractivity contribution in [2.75, 3.05) is 6.61 Å². The Morgan fingerprint density at radius 1 is 1.29 bits per heavy atom. The number of imidazole rings is 1. The van der Waals surface area contributed by atoms with Gasteiger partial charge in [-0.1, -0.05) is 23.7 Å². The molecular formula is C19H12ClN3O. The SMILES string of the molecule is N#C/C(=C\C1=Cc2cc(Cl)ccc2OC1)c1nc2ccccc2[nH]1. The first-order valence-corrected chi connectivity index (χ1v) is 7.80. The first-order valence-electron chi connectivity index (χ1n) is 7.43. The number of nitrogens with zero attached hydrogens (tertiary/aromatic N) is 2. The fraction of sp³-hybridized carbons (Fsp3) is 0.0526. The number of rotatable bonds is 2. The number of hydrogen-bond acceptors (Lipinski definition) is 3. The molecule has 0 spiro atoms. The number of para-hydroxylation sites is 2. The molecule has 0 fully saturated rings. The first-order chi connectivity index (χ1) is 11.7. The topological polar surface area (TPSA) is 61.7 Å². The zero-order valence-electron chi connectivity index (χ0n) is 12.6. The number of H-pyrrole nitrogens is 1. The van der Waals surface area contributed by atoms with Crippen molar-refractivity contribution in [3.63, 3.8) is 0 Å². The van der Waals surface area contributed by atoms with Crippen LogP contribution < -0.4 is 4.74 Å². The van der Waals surface area contributed by atoms with Gasteiger partial charge in [0.25, 0.3) is 0 Å². The molecule has 2 aromatic carbocycles. The summed E-state index contributed by atoms with van der Waals surface area (Å²) in [6, 6.07) is 15.4. The number of benzene rings is 2. The predicted octanol–water partition coefficient (Wildman–Crippen LogP) is 4.60. The molecule has 24 heavy (non-hydrogen) atoms. The van der Waals surface area contributed by atoms with Crippen molar-refractivity contribution in [1.29, 1.82) is 5.26 Å². The Morgan fingerprint density at radius 3 is 3.00 bits per heavy atom. The highest BCUT2D eigenvalue weighted by atomic mass is 35.5. The molecule has 116 valence electrons. The summed E-state index contributed by atoms with van der Waals surface area (Å²) in [5.41, 5.74) is 3.99.